The van der Waals surface area contributed by atoms with Crippen LogP contribution < -0.4 is 10.8 Å². The molecule has 2 fully saturated rings. The van der Waals surface area contributed by atoms with Crippen LogP contribution in [0.4, 0.5) is 4.79 Å². The highest BCUT2D eigenvalue weighted by atomic mass is 33.1. The molecule has 58 heavy (non-hydrogen) atoms. The third kappa shape index (κ3) is 11.9. The molecule has 2 aliphatic carbocycles. The molecule has 4 aliphatic rings. The number of hydrogen-bond acceptors (Lipinski definition) is 16. The topological polar surface area (TPSA) is 201 Å². The zero-order valence-corrected chi connectivity index (χ0v) is 36.0. The maximum Gasteiger partial charge on any atom is 0.411 e. The van der Waals surface area contributed by atoms with E-state index in [0.717, 1.165) is 7.11 Å². The van der Waals surface area contributed by atoms with Gasteiger partial charge in [-0.2, -0.15) is 5.48 Å². The molecule has 0 aromatic heterocycles. The molecular formula is C40H55N3O13S2. The Morgan fingerprint density at radius 3 is 2.52 bits per heavy atom. The second kappa shape index (κ2) is 21.3. The van der Waals surface area contributed by atoms with Crippen molar-refractivity contribution in [1.82, 2.24) is 15.7 Å². The zero-order valence-electron chi connectivity index (χ0n) is 34.3. The lowest BCUT2D eigenvalue weighted by atomic mass is 9.75. The number of carbonyl (C=O) groups excluding carboxylic acids is 4. The molecule has 0 aromatic carbocycles. The van der Waals surface area contributed by atoms with Crippen molar-refractivity contribution in [2.24, 2.45) is 0 Å². The number of nitrogens with one attached hydrogen (secondary N) is 2. The van der Waals surface area contributed by atoms with Crippen molar-refractivity contribution >= 4 is 45.2 Å². The minimum Gasteiger partial charge on any atom is -0.453 e. The quantitative estimate of drug-likeness (QED) is 0.0763. The number of hydroxylamine groups is 1. The van der Waals surface area contributed by atoms with Crippen LogP contribution >= 0.6 is 21.6 Å². The lowest BCUT2D eigenvalue weighted by Crippen LogP contribution is -2.64. The largest absolute Gasteiger partial charge is 0.453 e. The predicted molar refractivity (Wildman–Crippen MR) is 215 cm³/mol. The summed E-state index contributed by atoms with van der Waals surface area (Å²) in [4.78, 5) is 57.8. The minimum absolute atomic E-state index is 0.00317. The summed E-state index contributed by atoms with van der Waals surface area (Å²) in [6.45, 7) is 11.0. The number of allylic oxidation sites excluding steroid dienone is 3. The fourth-order valence-corrected chi connectivity index (χ4v) is 9.72. The first-order valence-corrected chi connectivity index (χ1v) is 21.2. The monoisotopic (exact) mass is 849 g/mol. The van der Waals surface area contributed by atoms with E-state index in [1.54, 1.807) is 17.9 Å². The van der Waals surface area contributed by atoms with Gasteiger partial charge in [0.1, 0.15) is 24.1 Å². The first kappa shape index (κ1) is 47.4. The molecule has 0 aromatic rings. The Morgan fingerprint density at radius 1 is 1.16 bits per heavy atom. The van der Waals surface area contributed by atoms with Gasteiger partial charge in [0.25, 0.3) is 0 Å². The van der Waals surface area contributed by atoms with Crippen LogP contribution in [0.2, 0.25) is 0 Å². The van der Waals surface area contributed by atoms with E-state index in [9.17, 15) is 29.4 Å². The maximum atomic E-state index is 13.9. The summed E-state index contributed by atoms with van der Waals surface area (Å²) in [7, 11) is 6.97. The molecule has 2 aliphatic heterocycles. The van der Waals surface area contributed by atoms with Crippen LogP contribution in [0.25, 0.3) is 0 Å². The highest BCUT2D eigenvalue weighted by Gasteiger charge is 2.51. The molecular weight excluding hydrogens is 795 g/mol. The molecule has 2 amide bonds. The summed E-state index contributed by atoms with van der Waals surface area (Å²) >= 11 is 0. The van der Waals surface area contributed by atoms with Gasteiger partial charge in [0, 0.05) is 55.1 Å². The molecule has 2 bridgehead atoms. The summed E-state index contributed by atoms with van der Waals surface area (Å²) in [5.41, 5.74) is 0.618. The number of rotatable bonds is 16. The van der Waals surface area contributed by atoms with Crippen LogP contribution in [0.5, 0.6) is 0 Å². The molecule has 4 rings (SSSR count). The molecule has 0 spiro atoms. The van der Waals surface area contributed by atoms with Crippen molar-refractivity contribution in [2.45, 2.75) is 126 Å². The second-order valence-corrected chi connectivity index (χ2v) is 17.7. The molecule has 0 radical (unpaired) electrons. The van der Waals surface area contributed by atoms with E-state index in [4.69, 9.17) is 33.3 Å². The van der Waals surface area contributed by atoms with Gasteiger partial charge in [-0.05, 0) is 46.8 Å². The van der Waals surface area contributed by atoms with Gasteiger partial charge in [-0.15, -0.1) is 0 Å². The first-order valence-electron chi connectivity index (χ1n) is 18.9. The smallest absolute Gasteiger partial charge is 0.411 e. The number of nitrogens with zero attached hydrogens (tertiary/aromatic N) is 1. The number of alkyl carbamates (subject to hydrolysis) is 1. The number of fused-ring (bicyclic) bond motifs is 2. The molecule has 18 heteroatoms. The average Bonchev–Trinajstić information content (AvgIpc) is 3.15. The van der Waals surface area contributed by atoms with Crippen LogP contribution in [-0.2, 0) is 47.6 Å². The van der Waals surface area contributed by atoms with Crippen molar-refractivity contribution in [1.29, 1.82) is 0 Å². The summed E-state index contributed by atoms with van der Waals surface area (Å²) in [6.07, 6.45) is -4.02. The maximum absolute atomic E-state index is 13.9. The van der Waals surface area contributed by atoms with Crippen molar-refractivity contribution in [3.05, 3.63) is 35.1 Å². The SMILES string of the molecule is CCN(C(C)=O)C1COC(OC2C(O[C@@H]3C#C/C=C\C#CC4(O)CC(=O)C(NC(=O)OC)=C3/C4=C\CSSC(C)(C)CC(C)=O)OC(C)C(NOC)C2O)CC1OC. The molecule has 2 saturated heterocycles. The molecule has 10 atom stereocenters. The van der Waals surface area contributed by atoms with Crippen LogP contribution in [0.1, 0.15) is 60.8 Å². The summed E-state index contributed by atoms with van der Waals surface area (Å²) in [5.74, 6) is 10.9. The zero-order chi connectivity index (χ0) is 42.8. The number of aliphatic hydroxyl groups excluding tert-OH is 1. The van der Waals surface area contributed by atoms with E-state index >= 15 is 0 Å². The Balaban J connectivity index is 1.78. The van der Waals surface area contributed by atoms with E-state index in [0.29, 0.717) is 13.0 Å². The third-order valence-electron chi connectivity index (χ3n) is 9.85. The van der Waals surface area contributed by atoms with Crippen molar-refractivity contribution < 1.29 is 62.6 Å². The Hall–Kier alpha value is -3.24. The van der Waals surface area contributed by atoms with Gasteiger partial charge < -0.3 is 48.4 Å². The fraction of sp³-hybridized carbons (Fsp3) is 0.650. The lowest BCUT2D eigenvalue weighted by molar-refractivity contribution is -0.331. The number of carbonyl (C=O) groups is 4. The van der Waals surface area contributed by atoms with Crippen LogP contribution in [0, 0.1) is 23.7 Å². The van der Waals surface area contributed by atoms with Gasteiger partial charge in [-0.25, -0.2) is 4.79 Å². The van der Waals surface area contributed by atoms with Gasteiger partial charge in [0.2, 0.25) is 5.91 Å². The number of ketones is 2. The minimum atomic E-state index is -2.05. The van der Waals surface area contributed by atoms with E-state index in [-0.39, 0.29) is 53.4 Å². The number of ether oxygens (including phenoxy) is 6. The number of methoxy groups -OCH3 is 2. The van der Waals surface area contributed by atoms with E-state index in [2.05, 4.69) is 34.5 Å². The Labute approximate surface area is 347 Å². The van der Waals surface area contributed by atoms with Gasteiger partial charge in [-0.3, -0.25) is 19.7 Å². The number of amides is 2. The molecule has 9 unspecified atom stereocenters. The molecule has 16 nitrogen and oxygen atoms in total. The second-order valence-electron chi connectivity index (χ2n) is 14.7. The number of aliphatic hydroxyl groups is 2. The Bertz CT molecular complexity index is 1750. The van der Waals surface area contributed by atoms with E-state index in [1.165, 1.54) is 61.8 Å². The fourth-order valence-electron chi connectivity index (χ4n) is 7.30. The average molecular weight is 850 g/mol. The van der Waals surface area contributed by atoms with Crippen LogP contribution in [0.15, 0.2) is 35.1 Å². The summed E-state index contributed by atoms with van der Waals surface area (Å²) < 4.78 is 35.8. The highest BCUT2D eigenvalue weighted by Crippen LogP contribution is 2.42. The predicted octanol–water partition coefficient (Wildman–Crippen LogP) is 2.34. The van der Waals surface area contributed by atoms with Gasteiger partial charge in [-0.1, -0.05) is 51.3 Å². The number of Topliss-reactive ketones (excluding diaryl/α,β-unsaturated/α-hetero) is 2. The molecule has 2 heterocycles. The summed E-state index contributed by atoms with van der Waals surface area (Å²) in [5, 5.41) is 26.5. The van der Waals surface area contributed by atoms with Crippen molar-refractivity contribution in [3.63, 3.8) is 0 Å². The lowest BCUT2D eigenvalue weighted by Gasteiger charge is -2.47. The van der Waals surface area contributed by atoms with Crippen LogP contribution in [0.3, 0.4) is 0 Å². The molecule has 0 saturated carbocycles. The third-order valence-corrected chi connectivity index (χ3v) is 13.0. The highest BCUT2D eigenvalue weighted by molar-refractivity contribution is 8.77. The molecule has 4 N–H and O–H groups in total. The van der Waals surface area contributed by atoms with Gasteiger partial charge in [0.15, 0.2) is 24.0 Å². The van der Waals surface area contributed by atoms with E-state index in [1.807, 2.05) is 20.8 Å². The van der Waals surface area contributed by atoms with Crippen LogP contribution in [-0.4, -0.2) is 144 Å². The molecule has 320 valence electrons. The Kier molecular flexibility index (Phi) is 17.4. The summed E-state index contributed by atoms with van der Waals surface area (Å²) in [6, 6.07) is -1.21. The first-order chi connectivity index (χ1) is 27.5. The number of hydrogen-bond donors (Lipinski definition) is 4. The van der Waals surface area contributed by atoms with Crippen molar-refractivity contribution in [3.8, 4) is 23.7 Å². The van der Waals surface area contributed by atoms with Gasteiger partial charge in [0.05, 0.1) is 57.2 Å². The number of likely N-dealkylation sites (N-methyl/N-ethyl adjacent to an activating group) is 1. The normalized spacial score (nSPS) is 32.3. The van der Waals surface area contributed by atoms with Crippen molar-refractivity contribution in [2.75, 3.05) is 40.2 Å². The standard InChI is InChI=1S/C40H55N3O13S2/c1-10-43(25(4)45)27-22-53-31(19-30(27)50-7)56-36-35(47)33(42-52-9)24(3)54-37(36)55-29-15-13-11-12-14-17-40(49)21-28(46)34(41-38(48)51-8)32(29)26(40)16-18-57-58-39(5,6)20-23(2)44/h11-12,16,24,27,29-31,33,35-37,42,47,49H,10,18-22H2,1-9H3,(H,41,48)/b12-11-,26-16+/t24?,27?,29-,30?,31?,33?,35?,36?,37?,40?/m1/s1. The van der Waals surface area contributed by atoms with Gasteiger partial charge >= 0.3 is 6.09 Å². The van der Waals surface area contributed by atoms with E-state index < -0.39 is 77.8 Å². The Morgan fingerprint density at radius 2 is 1.88 bits per heavy atom.